The van der Waals surface area contributed by atoms with Gasteiger partial charge in [0.2, 0.25) is 8.32 Å². The molecule has 0 spiro atoms. The molecule has 0 aliphatic rings. The van der Waals surface area contributed by atoms with Crippen LogP contribution in [0, 0.1) is 0 Å². The fourth-order valence-electron chi connectivity index (χ4n) is 3.37. The van der Waals surface area contributed by atoms with Gasteiger partial charge in [0, 0.05) is 5.69 Å². The Hall–Kier alpha value is -0.803. The minimum Gasteiger partial charge on any atom is -0.412 e. The molecule has 2 nitrogen and oxygen atoms in total. The Morgan fingerprint density at radius 3 is 1.84 bits per heavy atom. The van der Waals surface area contributed by atoms with Crippen molar-refractivity contribution < 1.29 is 4.43 Å². The first-order valence-corrected chi connectivity index (χ1v) is 9.43. The summed E-state index contributed by atoms with van der Waals surface area (Å²) < 4.78 is 6.54. The molecule has 1 rings (SSSR count). The number of nitrogen functional groups attached to an aromatic ring is 1. The summed E-state index contributed by atoms with van der Waals surface area (Å²) in [7, 11) is -1.79. The third-order valence-corrected chi connectivity index (χ3v) is 10.3. The summed E-state index contributed by atoms with van der Waals surface area (Å²) in [5.74, 6) is 0. The number of anilines is 1. The zero-order chi connectivity index (χ0) is 14.6. The smallest absolute Gasteiger partial charge is 0.200 e. The molecule has 0 atom stereocenters. The van der Waals surface area contributed by atoms with Crippen LogP contribution in [0.4, 0.5) is 5.69 Å². The van der Waals surface area contributed by atoms with Crippen molar-refractivity contribution in [1.29, 1.82) is 0 Å². The minimum absolute atomic E-state index is 0.609. The van der Waals surface area contributed by atoms with Crippen LogP contribution in [-0.2, 0) is 11.0 Å². The fourth-order valence-corrected chi connectivity index (χ4v) is 8.77. The topological polar surface area (TPSA) is 35.2 Å². The molecule has 1 aromatic rings. The first kappa shape index (κ1) is 16.3. The molecule has 1 aromatic carbocycles. The number of nitrogens with two attached hydrogens (primary N) is 1. The van der Waals surface area contributed by atoms with Crippen LogP contribution in [0.1, 0.15) is 47.1 Å². The van der Waals surface area contributed by atoms with Gasteiger partial charge in [-0.3, -0.25) is 0 Å². The average molecular weight is 280 g/mol. The molecule has 3 heteroatoms. The molecule has 0 aliphatic carbocycles. The molecule has 0 fully saturated rings. The third kappa shape index (κ3) is 3.40. The zero-order valence-corrected chi connectivity index (χ0v) is 14.2. The van der Waals surface area contributed by atoms with E-state index in [1.807, 2.05) is 18.2 Å². The molecular formula is C16H29NOSi. The molecule has 19 heavy (non-hydrogen) atoms. The molecular weight excluding hydrogens is 250 g/mol. The monoisotopic (exact) mass is 279 g/mol. The van der Waals surface area contributed by atoms with Crippen molar-refractivity contribution in [3.63, 3.8) is 0 Å². The number of rotatable bonds is 6. The van der Waals surface area contributed by atoms with Crippen LogP contribution >= 0.6 is 0 Å². The first-order valence-electron chi connectivity index (χ1n) is 7.29. The van der Waals surface area contributed by atoms with Crippen LogP contribution in [0.25, 0.3) is 0 Å². The van der Waals surface area contributed by atoms with E-state index in [0.717, 1.165) is 11.3 Å². The summed E-state index contributed by atoms with van der Waals surface area (Å²) in [6.07, 6.45) is 0. The number of hydrogen-bond donors (Lipinski definition) is 1. The largest absolute Gasteiger partial charge is 0.412 e. The van der Waals surface area contributed by atoms with Crippen molar-refractivity contribution in [2.75, 3.05) is 5.73 Å². The molecule has 0 saturated carbocycles. The van der Waals surface area contributed by atoms with E-state index < -0.39 is 8.32 Å². The van der Waals surface area contributed by atoms with Crippen LogP contribution in [-0.4, -0.2) is 8.32 Å². The lowest BCUT2D eigenvalue weighted by atomic mass is 10.2. The van der Waals surface area contributed by atoms with E-state index in [9.17, 15) is 0 Å². The number of hydrogen-bond acceptors (Lipinski definition) is 2. The quantitative estimate of drug-likeness (QED) is 0.590. The summed E-state index contributed by atoms with van der Waals surface area (Å²) in [5, 5.41) is 0. The van der Waals surface area contributed by atoms with Crippen LogP contribution in [0.5, 0.6) is 0 Å². The normalized spacial score (nSPS) is 12.7. The van der Waals surface area contributed by atoms with Crippen molar-refractivity contribution in [3.8, 4) is 0 Å². The van der Waals surface area contributed by atoms with Crippen LogP contribution in [0.3, 0.4) is 0 Å². The predicted molar refractivity (Wildman–Crippen MR) is 86.7 cm³/mol. The molecule has 0 aromatic heterocycles. The SMILES string of the molecule is CC(C)[Si](OCc1ccccc1N)(C(C)C)C(C)C. The third-order valence-electron chi connectivity index (χ3n) is 4.24. The lowest BCUT2D eigenvalue weighted by Crippen LogP contribution is -2.47. The highest BCUT2D eigenvalue weighted by atomic mass is 28.4. The maximum absolute atomic E-state index is 6.54. The Morgan fingerprint density at radius 1 is 0.947 bits per heavy atom. The first-order chi connectivity index (χ1) is 8.82. The predicted octanol–water partition coefficient (Wildman–Crippen LogP) is 4.96. The highest BCUT2D eigenvalue weighted by molar-refractivity contribution is 6.77. The maximum atomic E-state index is 6.54. The minimum atomic E-state index is -1.79. The maximum Gasteiger partial charge on any atom is 0.200 e. The highest BCUT2D eigenvalue weighted by Crippen LogP contribution is 2.42. The van der Waals surface area contributed by atoms with Crippen LogP contribution in [0.15, 0.2) is 24.3 Å². The van der Waals surface area contributed by atoms with Gasteiger partial charge in [-0.2, -0.15) is 0 Å². The van der Waals surface area contributed by atoms with Crippen molar-refractivity contribution >= 4 is 14.0 Å². The van der Waals surface area contributed by atoms with E-state index in [4.69, 9.17) is 10.2 Å². The Balaban J connectivity index is 2.94. The molecule has 0 amide bonds. The summed E-state index contributed by atoms with van der Waals surface area (Å²) in [6.45, 7) is 14.5. The highest BCUT2D eigenvalue weighted by Gasteiger charge is 2.44. The van der Waals surface area contributed by atoms with Crippen LogP contribution in [0.2, 0.25) is 16.6 Å². The summed E-state index contributed by atoms with van der Waals surface area (Å²) in [6, 6.07) is 8.01. The van der Waals surface area contributed by atoms with Crippen molar-refractivity contribution in [1.82, 2.24) is 0 Å². The van der Waals surface area contributed by atoms with E-state index >= 15 is 0 Å². The second-order valence-electron chi connectivity index (χ2n) is 6.31. The molecule has 0 aliphatic heterocycles. The second kappa shape index (κ2) is 6.57. The van der Waals surface area contributed by atoms with Crippen molar-refractivity contribution in [2.45, 2.75) is 64.8 Å². The Labute approximate surface area is 119 Å². The van der Waals surface area contributed by atoms with E-state index in [1.165, 1.54) is 0 Å². The van der Waals surface area contributed by atoms with Gasteiger partial charge in [0.1, 0.15) is 0 Å². The molecule has 0 radical (unpaired) electrons. The van der Waals surface area contributed by atoms with Gasteiger partial charge >= 0.3 is 0 Å². The van der Waals surface area contributed by atoms with Crippen LogP contribution < -0.4 is 5.73 Å². The van der Waals surface area contributed by atoms with Gasteiger partial charge in [0.15, 0.2) is 0 Å². The van der Waals surface area contributed by atoms with Gasteiger partial charge < -0.3 is 10.2 Å². The zero-order valence-electron chi connectivity index (χ0n) is 13.2. The van der Waals surface area contributed by atoms with E-state index in [0.29, 0.717) is 23.2 Å². The number of benzene rings is 1. The summed E-state index contributed by atoms with van der Waals surface area (Å²) >= 11 is 0. The standard InChI is InChI=1S/C16H29NOSi/c1-12(2)19(13(3)4,14(5)6)18-11-15-9-7-8-10-16(15)17/h7-10,12-14H,11,17H2,1-6H3. The van der Waals surface area contributed by atoms with Gasteiger partial charge in [0.05, 0.1) is 6.61 Å². The lowest BCUT2D eigenvalue weighted by Gasteiger charge is -2.42. The average Bonchev–Trinajstić information content (AvgIpc) is 2.30. The van der Waals surface area contributed by atoms with Gasteiger partial charge in [-0.1, -0.05) is 59.7 Å². The molecule has 0 saturated heterocycles. The van der Waals surface area contributed by atoms with Gasteiger partial charge in [-0.05, 0) is 28.3 Å². The van der Waals surface area contributed by atoms with Gasteiger partial charge in [-0.15, -0.1) is 0 Å². The Bertz CT molecular complexity index is 380. The number of para-hydroxylation sites is 1. The Morgan fingerprint density at radius 2 is 1.42 bits per heavy atom. The molecule has 0 heterocycles. The van der Waals surface area contributed by atoms with E-state index in [1.54, 1.807) is 0 Å². The molecule has 0 bridgehead atoms. The molecule has 0 unspecified atom stereocenters. The summed E-state index contributed by atoms with van der Waals surface area (Å²) in [4.78, 5) is 0. The van der Waals surface area contributed by atoms with Crippen molar-refractivity contribution in [2.24, 2.45) is 0 Å². The second-order valence-corrected chi connectivity index (χ2v) is 11.8. The van der Waals surface area contributed by atoms with E-state index in [2.05, 4.69) is 47.6 Å². The lowest BCUT2D eigenvalue weighted by molar-refractivity contribution is 0.266. The van der Waals surface area contributed by atoms with Gasteiger partial charge in [0.25, 0.3) is 0 Å². The van der Waals surface area contributed by atoms with Crippen molar-refractivity contribution in [3.05, 3.63) is 29.8 Å². The molecule has 108 valence electrons. The molecule has 2 N–H and O–H groups in total. The fraction of sp³-hybridized carbons (Fsp3) is 0.625. The summed E-state index contributed by atoms with van der Waals surface area (Å²) in [5.41, 5.74) is 9.79. The van der Waals surface area contributed by atoms with Gasteiger partial charge in [-0.25, -0.2) is 0 Å². The van der Waals surface area contributed by atoms with E-state index in [-0.39, 0.29) is 0 Å². The Kier molecular flexibility index (Phi) is 5.62.